The maximum Gasteiger partial charge on any atom is 0.158 e. The molecule has 0 aliphatic carbocycles. The van der Waals surface area contributed by atoms with Gasteiger partial charge in [-0.2, -0.15) is 0 Å². The molecule has 0 amide bonds. The Morgan fingerprint density at radius 3 is 2.94 bits per heavy atom. The first-order valence-corrected chi connectivity index (χ1v) is 6.55. The van der Waals surface area contributed by atoms with Gasteiger partial charge in [0.2, 0.25) is 0 Å². The van der Waals surface area contributed by atoms with Crippen LogP contribution in [0.5, 0.6) is 0 Å². The SMILES string of the molecule is Cc1ccc(C#CCOC2CCCCO2)c(C)c1. The molecule has 1 heterocycles. The van der Waals surface area contributed by atoms with Crippen molar-refractivity contribution in [1.82, 2.24) is 0 Å². The predicted octanol–water partition coefficient (Wildman–Crippen LogP) is 3.20. The first-order valence-electron chi connectivity index (χ1n) is 6.55. The first-order chi connectivity index (χ1) is 8.75. The first kappa shape index (κ1) is 13.1. The second-order valence-corrected chi connectivity index (χ2v) is 4.73. The van der Waals surface area contributed by atoms with Gasteiger partial charge in [0.25, 0.3) is 0 Å². The van der Waals surface area contributed by atoms with Crippen LogP contribution < -0.4 is 0 Å². The Labute approximate surface area is 109 Å². The fourth-order valence-electron chi connectivity index (χ4n) is 2.06. The summed E-state index contributed by atoms with van der Waals surface area (Å²) in [6, 6.07) is 6.30. The zero-order chi connectivity index (χ0) is 12.8. The molecule has 0 N–H and O–H groups in total. The lowest BCUT2D eigenvalue weighted by Crippen LogP contribution is -2.22. The van der Waals surface area contributed by atoms with Crippen LogP contribution in [-0.2, 0) is 9.47 Å². The van der Waals surface area contributed by atoms with Gasteiger partial charge in [-0.15, -0.1) is 0 Å². The second kappa shape index (κ2) is 6.58. The van der Waals surface area contributed by atoms with Crippen LogP contribution in [0.25, 0.3) is 0 Å². The van der Waals surface area contributed by atoms with Crippen molar-refractivity contribution in [1.29, 1.82) is 0 Å². The summed E-state index contributed by atoms with van der Waals surface area (Å²) < 4.78 is 11.1. The van der Waals surface area contributed by atoms with Crippen LogP contribution in [0.2, 0.25) is 0 Å². The van der Waals surface area contributed by atoms with Crippen LogP contribution in [0.1, 0.15) is 36.0 Å². The molecule has 1 unspecified atom stereocenters. The highest BCUT2D eigenvalue weighted by Gasteiger charge is 2.12. The summed E-state index contributed by atoms with van der Waals surface area (Å²) in [5.74, 6) is 6.21. The van der Waals surface area contributed by atoms with E-state index in [9.17, 15) is 0 Å². The molecule has 0 bridgehead atoms. The molecule has 2 nitrogen and oxygen atoms in total. The normalized spacial score (nSPS) is 19.1. The maximum absolute atomic E-state index is 5.57. The van der Waals surface area contributed by atoms with Crippen molar-refractivity contribution in [2.45, 2.75) is 39.4 Å². The van der Waals surface area contributed by atoms with E-state index in [1.165, 1.54) is 17.5 Å². The lowest BCUT2D eigenvalue weighted by Gasteiger charge is -2.21. The zero-order valence-corrected chi connectivity index (χ0v) is 11.2. The summed E-state index contributed by atoms with van der Waals surface area (Å²) in [6.07, 6.45) is 3.28. The third-order valence-electron chi connectivity index (χ3n) is 3.08. The Bertz CT molecular complexity index is 448. The molecule has 1 aromatic carbocycles. The van der Waals surface area contributed by atoms with Gasteiger partial charge in [0.15, 0.2) is 6.29 Å². The highest BCUT2D eigenvalue weighted by molar-refractivity contribution is 5.42. The number of ether oxygens (including phenoxy) is 2. The van der Waals surface area contributed by atoms with Gasteiger partial charge in [0, 0.05) is 12.2 Å². The van der Waals surface area contributed by atoms with E-state index in [0.29, 0.717) is 6.61 Å². The summed E-state index contributed by atoms with van der Waals surface area (Å²) in [5.41, 5.74) is 3.56. The van der Waals surface area contributed by atoms with Gasteiger partial charge in [-0.25, -0.2) is 0 Å². The average Bonchev–Trinajstić information content (AvgIpc) is 2.38. The van der Waals surface area contributed by atoms with Gasteiger partial charge in [0.1, 0.15) is 6.61 Å². The molecule has 1 aliphatic heterocycles. The van der Waals surface area contributed by atoms with Crippen molar-refractivity contribution < 1.29 is 9.47 Å². The fourth-order valence-corrected chi connectivity index (χ4v) is 2.06. The molecule has 0 radical (unpaired) electrons. The van der Waals surface area contributed by atoms with Gasteiger partial charge < -0.3 is 9.47 Å². The lowest BCUT2D eigenvalue weighted by atomic mass is 10.1. The Hall–Kier alpha value is -1.30. The van der Waals surface area contributed by atoms with Crippen molar-refractivity contribution >= 4 is 0 Å². The standard InChI is InChI=1S/C16H20O2/c1-13-8-9-15(14(2)12-13)6-5-11-18-16-7-3-4-10-17-16/h8-9,12,16H,3-4,7,10-11H2,1-2H3. The van der Waals surface area contributed by atoms with Gasteiger partial charge >= 0.3 is 0 Å². The number of rotatable bonds is 2. The van der Waals surface area contributed by atoms with Crippen molar-refractivity contribution in [3.63, 3.8) is 0 Å². The van der Waals surface area contributed by atoms with E-state index in [1.807, 2.05) is 0 Å². The maximum atomic E-state index is 5.57. The Kier molecular flexibility index (Phi) is 4.81. The largest absolute Gasteiger partial charge is 0.353 e. The molecule has 0 spiro atoms. The number of hydrogen-bond donors (Lipinski definition) is 0. The topological polar surface area (TPSA) is 18.5 Å². The summed E-state index contributed by atoms with van der Waals surface area (Å²) in [4.78, 5) is 0. The molecule has 18 heavy (non-hydrogen) atoms. The second-order valence-electron chi connectivity index (χ2n) is 4.73. The van der Waals surface area contributed by atoms with Gasteiger partial charge in [-0.05, 0) is 44.7 Å². The molecular formula is C16H20O2. The summed E-state index contributed by atoms with van der Waals surface area (Å²) in [6.45, 7) is 5.43. The Morgan fingerprint density at radius 1 is 1.33 bits per heavy atom. The minimum absolute atomic E-state index is 0.0489. The van der Waals surface area contributed by atoms with Crippen LogP contribution in [0, 0.1) is 25.7 Å². The van der Waals surface area contributed by atoms with E-state index >= 15 is 0 Å². The lowest BCUT2D eigenvalue weighted by molar-refractivity contribution is -0.154. The predicted molar refractivity (Wildman–Crippen MR) is 72.3 cm³/mol. The third-order valence-corrected chi connectivity index (χ3v) is 3.08. The molecule has 96 valence electrons. The molecule has 1 aliphatic rings. The highest BCUT2D eigenvalue weighted by atomic mass is 16.7. The number of hydrogen-bond acceptors (Lipinski definition) is 2. The van der Waals surface area contributed by atoms with Crippen molar-refractivity contribution in [3.8, 4) is 11.8 Å². The smallest absolute Gasteiger partial charge is 0.158 e. The molecule has 1 aromatic rings. The summed E-state index contributed by atoms with van der Waals surface area (Å²) >= 11 is 0. The van der Waals surface area contributed by atoms with Crippen molar-refractivity contribution in [3.05, 3.63) is 34.9 Å². The van der Waals surface area contributed by atoms with Crippen LogP contribution in [0.4, 0.5) is 0 Å². The quantitative estimate of drug-likeness (QED) is 0.744. The van der Waals surface area contributed by atoms with E-state index < -0.39 is 0 Å². The minimum atomic E-state index is -0.0489. The summed E-state index contributed by atoms with van der Waals surface area (Å²) in [7, 11) is 0. The summed E-state index contributed by atoms with van der Waals surface area (Å²) in [5, 5.41) is 0. The molecule has 0 saturated carbocycles. The molecule has 2 rings (SSSR count). The Morgan fingerprint density at radius 2 is 2.22 bits per heavy atom. The average molecular weight is 244 g/mol. The number of aryl methyl sites for hydroxylation is 2. The Balaban J connectivity index is 1.84. The molecule has 2 heteroatoms. The van der Waals surface area contributed by atoms with E-state index in [2.05, 4.69) is 43.9 Å². The zero-order valence-electron chi connectivity index (χ0n) is 11.2. The molecule has 0 aromatic heterocycles. The highest BCUT2D eigenvalue weighted by Crippen LogP contribution is 2.13. The molecule has 1 saturated heterocycles. The molecule has 1 fully saturated rings. The molecular weight excluding hydrogens is 224 g/mol. The third kappa shape index (κ3) is 3.87. The van der Waals surface area contributed by atoms with Gasteiger partial charge in [0.05, 0.1) is 0 Å². The van der Waals surface area contributed by atoms with E-state index in [0.717, 1.165) is 25.0 Å². The van der Waals surface area contributed by atoms with E-state index in [-0.39, 0.29) is 6.29 Å². The van der Waals surface area contributed by atoms with Crippen molar-refractivity contribution in [2.75, 3.05) is 13.2 Å². The number of benzene rings is 1. The molecule has 1 atom stereocenters. The van der Waals surface area contributed by atoms with E-state index in [4.69, 9.17) is 9.47 Å². The van der Waals surface area contributed by atoms with Crippen LogP contribution in [-0.4, -0.2) is 19.5 Å². The van der Waals surface area contributed by atoms with E-state index in [1.54, 1.807) is 0 Å². The minimum Gasteiger partial charge on any atom is -0.353 e. The van der Waals surface area contributed by atoms with Crippen LogP contribution in [0.15, 0.2) is 18.2 Å². The fraction of sp³-hybridized carbons (Fsp3) is 0.500. The van der Waals surface area contributed by atoms with Gasteiger partial charge in [-0.3, -0.25) is 0 Å². The van der Waals surface area contributed by atoms with Crippen LogP contribution >= 0.6 is 0 Å². The van der Waals surface area contributed by atoms with Crippen molar-refractivity contribution in [2.24, 2.45) is 0 Å². The van der Waals surface area contributed by atoms with Gasteiger partial charge in [-0.1, -0.05) is 29.5 Å². The monoisotopic (exact) mass is 244 g/mol. The van der Waals surface area contributed by atoms with Crippen LogP contribution in [0.3, 0.4) is 0 Å².